The number of aromatic carboxylic acids is 1. The Bertz CT molecular complexity index is 908. The van der Waals surface area contributed by atoms with Crippen molar-refractivity contribution in [1.82, 2.24) is 0 Å². The fourth-order valence-corrected chi connectivity index (χ4v) is 1.80. The first kappa shape index (κ1) is 22.3. The van der Waals surface area contributed by atoms with Gasteiger partial charge in [0.2, 0.25) is 0 Å². The van der Waals surface area contributed by atoms with Gasteiger partial charge >= 0.3 is 12.1 Å². The van der Waals surface area contributed by atoms with Gasteiger partial charge in [-0.15, -0.1) is 0 Å². The molecule has 0 heterocycles. The summed E-state index contributed by atoms with van der Waals surface area (Å²) in [6, 6.07) is 4.14. The van der Waals surface area contributed by atoms with E-state index >= 15 is 0 Å². The molecule has 2 rings (SSSR count). The maximum Gasteiger partial charge on any atom is 0.416 e. The highest BCUT2D eigenvalue weighted by Gasteiger charge is 2.31. The molecule has 28 heavy (non-hydrogen) atoms. The Morgan fingerprint density at radius 1 is 1.11 bits per heavy atom. The molecule has 0 aliphatic heterocycles. The van der Waals surface area contributed by atoms with Crippen LogP contribution in [-0.2, 0) is 11.0 Å². The molecule has 0 saturated heterocycles. The number of halogens is 4. The molecule has 0 bridgehead atoms. The molecule has 0 unspecified atom stereocenters. The van der Waals surface area contributed by atoms with Crippen molar-refractivity contribution >= 4 is 17.6 Å². The van der Waals surface area contributed by atoms with Crippen molar-refractivity contribution in [3.8, 4) is 11.5 Å². The van der Waals surface area contributed by atoms with E-state index in [1.165, 1.54) is 0 Å². The molecule has 0 amide bonds. The number of benzene rings is 2. The third kappa shape index (κ3) is 6.23. The zero-order valence-electron chi connectivity index (χ0n) is 13.9. The minimum absolute atomic E-state index is 0.221. The summed E-state index contributed by atoms with van der Waals surface area (Å²) in [5, 5.41) is 27.1. The molecule has 0 spiro atoms. The summed E-state index contributed by atoms with van der Waals surface area (Å²) >= 11 is 0. The van der Waals surface area contributed by atoms with Crippen LogP contribution in [0.25, 0.3) is 0 Å². The Balaban J connectivity index is 0.000000892. The van der Waals surface area contributed by atoms with Crippen LogP contribution < -0.4 is 4.74 Å². The second-order valence-electron chi connectivity index (χ2n) is 5.01. The molecular formula is C16H11F4NO7. The third-order valence-electron chi connectivity index (χ3n) is 2.88. The fraction of sp³-hybridized carbons (Fsp3) is 0.125. The Hall–Kier alpha value is -3.70. The number of ether oxygens (including phenoxy) is 1. The molecule has 2 aromatic carbocycles. The van der Waals surface area contributed by atoms with E-state index in [1.807, 2.05) is 0 Å². The third-order valence-corrected chi connectivity index (χ3v) is 2.88. The number of nitro groups is 1. The van der Waals surface area contributed by atoms with Crippen LogP contribution in [0.1, 0.15) is 22.8 Å². The van der Waals surface area contributed by atoms with Crippen molar-refractivity contribution in [1.29, 1.82) is 0 Å². The van der Waals surface area contributed by atoms with Crippen molar-refractivity contribution in [3.05, 3.63) is 63.5 Å². The van der Waals surface area contributed by atoms with E-state index in [0.717, 1.165) is 31.2 Å². The number of carboxylic acid groups (broad SMARTS) is 2. The molecule has 150 valence electrons. The molecule has 12 heteroatoms. The van der Waals surface area contributed by atoms with E-state index in [-0.39, 0.29) is 11.8 Å². The monoisotopic (exact) mass is 405 g/mol. The lowest BCUT2D eigenvalue weighted by atomic mass is 10.1. The van der Waals surface area contributed by atoms with Gasteiger partial charge in [0, 0.05) is 19.1 Å². The van der Waals surface area contributed by atoms with Gasteiger partial charge in [-0.2, -0.15) is 13.2 Å². The molecule has 0 aliphatic rings. The summed E-state index contributed by atoms with van der Waals surface area (Å²) in [7, 11) is 0. The second kappa shape index (κ2) is 8.79. The number of nitrogens with zero attached hydrogens (tertiary/aromatic N) is 1. The predicted octanol–water partition coefficient (Wildman–Crippen LogP) is 4.33. The lowest BCUT2D eigenvalue weighted by molar-refractivity contribution is -0.385. The average molecular weight is 405 g/mol. The van der Waals surface area contributed by atoms with Crippen LogP contribution in [0.4, 0.5) is 23.2 Å². The first-order valence-electron chi connectivity index (χ1n) is 7.08. The summed E-state index contributed by atoms with van der Waals surface area (Å²) in [5.41, 5.74) is -2.63. The van der Waals surface area contributed by atoms with Gasteiger partial charge in [0.15, 0.2) is 11.6 Å². The summed E-state index contributed by atoms with van der Waals surface area (Å²) in [6.07, 6.45) is -4.73. The van der Waals surface area contributed by atoms with Gasteiger partial charge in [-0.3, -0.25) is 14.9 Å². The van der Waals surface area contributed by atoms with Gasteiger partial charge in [0.1, 0.15) is 11.3 Å². The van der Waals surface area contributed by atoms with Crippen LogP contribution in [0.5, 0.6) is 11.5 Å². The van der Waals surface area contributed by atoms with Gasteiger partial charge in [-0.25, -0.2) is 9.18 Å². The van der Waals surface area contributed by atoms with Crippen LogP contribution >= 0.6 is 0 Å². The topological polar surface area (TPSA) is 127 Å². The molecule has 0 fully saturated rings. The first-order chi connectivity index (χ1) is 12.8. The number of carbonyl (C=O) groups is 2. The van der Waals surface area contributed by atoms with Crippen LogP contribution in [0.3, 0.4) is 0 Å². The molecule has 2 N–H and O–H groups in total. The van der Waals surface area contributed by atoms with Crippen molar-refractivity contribution in [3.63, 3.8) is 0 Å². The highest BCUT2D eigenvalue weighted by Crippen LogP contribution is 2.34. The van der Waals surface area contributed by atoms with E-state index in [2.05, 4.69) is 0 Å². The number of hydrogen-bond donors (Lipinski definition) is 2. The number of aliphatic carboxylic acids is 1. The number of nitro benzene ring substituents is 1. The fourth-order valence-electron chi connectivity index (χ4n) is 1.80. The Morgan fingerprint density at radius 3 is 2.11 bits per heavy atom. The summed E-state index contributed by atoms with van der Waals surface area (Å²) in [4.78, 5) is 29.8. The highest BCUT2D eigenvalue weighted by atomic mass is 19.4. The van der Waals surface area contributed by atoms with Gasteiger partial charge < -0.3 is 14.9 Å². The van der Waals surface area contributed by atoms with Crippen molar-refractivity contribution in [2.75, 3.05) is 0 Å². The predicted molar refractivity (Wildman–Crippen MR) is 84.8 cm³/mol. The van der Waals surface area contributed by atoms with Gasteiger partial charge in [0.05, 0.1) is 10.5 Å². The van der Waals surface area contributed by atoms with Crippen molar-refractivity contribution < 1.29 is 47.0 Å². The Labute approximate surface area is 153 Å². The van der Waals surface area contributed by atoms with E-state index < -0.39 is 51.4 Å². The van der Waals surface area contributed by atoms with Crippen LogP contribution in [-0.4, -0.2) is 27.1 Å². The Kier molecular flexibility index (Phi) is 7.02. The SMILES string of the molecule is CC(=O)O.O=C(O)c1cc(Oc2ccc(C(F)(F)F)cc2F)ccc1[N+](=O)[O-]. The van der Waals surface area contributed by atoms with Crippen molar-refractivity contribution in [2.45, 2.75) is 13.1 Å². The Morgan fingerprint density at radius 2 is 1.68 bits per heavy atom. The standard InChI is InChI=1S/C14H7F4NO5.C2H4O2/c15-10-5-7(14(16,17)18)1-4-12(10)24-8-2-3-11(19(22)23)9(6-8)13(20)21;1-2(3)4/h1-6H,(H,20,21);1H3,(H,3,4). The van der Waals surface area contributed by atoms with Gasteiger partial charge in [-0.05, 0) is 24.3 Å². The quantitative estimate of drug-likeness (QED) is 0.440. The number of alkyl halides is 3. The average Bonchev–Trinajstić information content (AvgIpc) is 2.54. The lowest BCUT2D eigenvalue weighted by Crippen LogP contribution is -2.05. The van der Waals surface area contributed by atoms with E-state index in [1.54, 1.807) is 0 Å². The van der Waals surface area contributed by atoms with E-state index in [9.17, 15) is 32.5 Å². The summed E-state index contributed by atoms with van der Waals surface area (Å²) in [5.74, 6) is -4.63. The minimum Gasteiger partial charge on any atom is -0.481 e. The van der Waals surface area contributed by atoms with Gasteiger partial charge in [-0.1, -0.05) is 0 Å². The first-order valence-corrected chi connectivity index (χ1v) is 7.08. The highest BCUT2D eigenvalue weighted by molar-refractivity contribution is 5.92. The van der Waals surface area contributed by atoms with Crippen LogP contribution in [0.15, 0.2) is 36.4 Å². The molecule has 0 radical (unpaired) electrons. The number of carboxylic acids is 2. The van der Waals surface area contributed by atoms with Crippen LogP contribution in [0, 0.1) is 15.9 Å². The molecule has 0 atom stereocenters. The van der Waals surface area contributed by atoms with Gasteiger partial charge in [0.25, 0.3) is 11.7 Å². The lowest BCUT2D eigenvalue weighted by Gasteiger charge is -2.10. The van der Waals surface area contributed by atoms with E-state index in [0.29, 0.717) is 6.07 Å². The minimum atomic E-state index is -4.73. The molecular weight excluding hydrogens is 394 g/mol. The maximum atomic E-state index is 13.7. The zero-order valence-corrected chi connectivity index (χ0v) is 13.9. The molecule has 0 saturated carbocycles. The largest absolute Gasteiger partial charge is 0.481 e. The smallest absolute Gasteiger partial charge is 0.416 e. The molecule has 8 nitrogen and oxygen atoms in total. The zero-order chi connectivity index (χ0) is 21.6. The summed E-state index contributed by atoms with van der Waals surface area (Å²) in [6.45, 7) is 1.08. The summed E-state index contributed by atoms with van der Waals surface area (Å²) < 4.78 is 56.0. The molecule has 0 aliphatic carbocycles. The van der Waals surface area contributed by atoms with Crippen LogP contribution in [0.2, 0.25) is 0 Å². The van der Waals surface area contributed by atoms with Crippen molar-refractivity contribution in [2.24, 2.45) is 0 Å². The maximum absolute atomic E-state index is 13.7. The number of hydrogen-bond acceptors (Lipinski definition) is 5. The second-order valence-corrected chi connectivity index (χ2v) is 5.01. The normalized spacial score (nSPS) is 10.5. The number of rotatable bonds is 4. The van der Waals surface area contributed by atoms with E-state index in [4.69, 9.17) is 19.7 Å². The molecule has 2 aromatic rings. The molecule has 0 aromatic heterocycles.